The van der Waals surface area contributed by atoms with Crippen molar-refractivity contribution in [2.45, 2.75) is 19.5 Å². The zero-order valence-electron chi connectivity index (χ0n) is 13.9. The third-order valence-electron chi connectivity index (χ3n) is 4.43. The number of nitrogens with zero attached hydrogens (tertiary/aromatic N) is 1. The van der Waals surface area contributed by atoms with Gasteiger partial charge in [-0.1, -0.05) is 6.07 Å². The van der Waals surface area contributed by atoms with E-state index in [1.807, 2.05) is 35.0 Å². The van der Waals surface area contributed by atoms with Crippen LogP contribution in [-0.4, -0.2) is 17.0 Å². The second kappa shape index (κ2) is 6.59. The summed E-state index contributed by atoms with van der Waals surface area (Å²) < 4.78 is 5.42. The molecule has 2 atom stereocenters. The predicted octanol–water partition coefficient (Wildman–Crippen LogP) is 3.08. The summed E-state index contributed by atoms with van der Waals surface area (Å²) in [7, 11) is 2.07. The van der Waals surface area contributed by atoms with Crippen LogP contribution in [0.4, 0.5) is 0 Å². The Morgan fingerprint density at radius 3 is 2.92 bits per heavy atom. The molecular formula is C18H18N3O2S2+. The third kappa shape index (κ3) is 3.06. The van der Waals surface area contributed by atoms with Crippen LogP contribution < -0.4 is 10.5 Å². The largest absolute Gasteiger partial charge is 0.463 e. The van der Waals surface area contributed by atoms with Gasteiger partial charge in [0.25, 0.3) is 5.56 Å². The normalized spacial score (nSPS) is 14.0. The average molecular weight is 372 g/mol. The molecule has 4 heterocycles. The first-order valence-corrected chi connectivity index (χ1v) is 9.79. The number of thiophene rings is 2. The zero-order chi connectivity index (χ0) is 17.4. The van der Waals surface area contributed by atoms with Gasteiger partial charge < -0.3 is 14.3 Å². The van der Waals surface area contributed by atoms with E-state index in [-0.39, 0.29) is 11.6 Å². The molecule has 0 saturated heterocycles. The van der Waals surface area contributed by atoms with Crippen LogP contribution in [0.15, 0.2) is 50.5 Å². The molecule has 0 spiro atoms. The minimum absolute atomic E-state index is 0.0505. The van der Waals surface area contributed by atoms with Crippen molar-refractivity contribution in [3.05, 3.63) is 63.2 Å². The van der Waals surface area contributed by atoms with Gasteiger partial charge in [-0.2, -0.15) is 0 Å². The molecule has 0 saturated carbocycles. The Balaban J connectivity index is 1.68. The number of hydrogen-bond donors (Lipinski definition) is 2. The Morgan fingerprint density at radius 2 is 2.20 bits per heavy atom. The molecule has 7 heteroatoms. The van der Waals surface area contributed by atoms with E-state index in [9.17, 15) is 4.79 Å². The van der Waals surface area contributed by atoms with E-state index < -0.39 is 0 Å². The first-order valence-electron chi connectivity index (χ1n) is 8.03. The molecule has 4 aromatic rings. The van der Waals surface area contributed by atoms with E-state index in [1.54, 1.807) is 17.6 Å². The van der Waals surface area contributed by atoms with Gasteiger partial charge >= 0.3 is 0 Å². The summed E-state index contributed by atoms with van der Waals surface area (Å²) in [5, 5.41) is 4.73. The second-order valence-corrected chi connectivity index (χ2v) is 7.89. The van der Waals surface area contributed by atoms with Crippen molar-refractivity contribution in [2.24, 2.45) is 0 Å². The summed E-state index contributed by atoms with van der Waals surface area (Å²) in [6, 6.07) is 7.92. The van der Waals surface area contributed by atoms with Crippen LogP contribution in [0.3, 0.4) is 0 Å². The minimum atomic E-state index is -0.0673. The fraction of sp³-hybridized carbons (Fsp3) is 0.222. The lowest BCUT2D eigenvalue weighted by molar-refractivity contribution is -0.925. The molecule has 0 aliphatic heterocycles. The summed E-state index contributed by atoms with van der Waals surface area (Å²) in [6.45, 7) is 2.80. The quantitative estimate of drug-likeness (QED) is 0.566. The molecule has 0 bridgehead atoms. The van der Waals surface area contributed by atoms with E-state index in [0.717, 1.165) is 27.6 Å². The molecule has 0 fully saturated rings. The smallest absolute Gasteiger partial charge is 0.260 e. The van der Waals surface area contributed by atoms with Gasteiger partial charge in [-0.15, -0.1) is 22.7 Å². The lowest BCUT2D eigenvalue weighted by Crippen LogP contribution is -3.07. The number of aromatic amines is 1. The van der Waals surface area contributed by atoms with E-state index >= 15 is 0 Å². The van der Waals surface area contributed by atoms with E-state index in [0.29, 0.717) is 11.2 Å². The fourth-order valence-electron chi connectivity index (χ4n) is 2.86. The molecule has 0 aliphatic carbocycles. The Kier molecular flexibility index (Phi) is 4.29. The van der Waals surface area contributed by atoms with Crippen molar-refractivity contribution in [3.8, 4) is 10.4 Å². The first-order chi connectivity index (χ1) is 12.1. The number of H-pyrrole nitrogens is 1. The van der Waals surface area contributed by atoms with Crippen LogP contribution in [0.2, 0.25) is 0 Å². The summed E-state index contributed by atoms with van der Waals surface area (Å²) in [4.78, 5) is 23.5. The molecule has 25 heavy (non-hydrogen) atoms. The monoisotopic (exact) mass is 372 g/mol. The maximum Gasteiger partial charge on any atom is 0.260 e. The maximum absolute atomic E-state index is 12.7. The van der Waals surface area contributed by atoms with Crippen molar-refractivity contribution in [2.75, 3.05) is 7.05 Å². The zero-order valence-corrected chi connectivity index (χ0v) is 15.5. The fourth-order valence-corrected chi connectivity index (χ4v) is 4.63. The highest BCUT2D eigenvalue weighted by molar-refractivity contribution is 7.18. The first kappa shape index (κ1) is 16.3. The van der Waals surface area contributed by atoms with Crippen molar-refractivity contribution in [1.82, 2.24) is 9.97 Å². The topological polar surface area (TPSA) is 63.3 Å². The number of aromatic nitrogens is 2. The van der Waals surface area contributed by atoms with Crippen LogP contribution in [0.5, 0.6) is 0 Å². The van der Waals surface area contributed by atoms with Crippen molar-refractivity contribution < 1.29 is 9.32 Å². The summed E-state index contributed by atoms with van der Waals surface area (Å²) in [5.74, 6) is 1.63. The van der Waals surface area contributed by atoms with Crippen molar-refractivity contribution in [1.29, 1.82) is 0 Å². The Labute approximate surface area is 152 Å². The third-order valence-corrected chi connectivity index (χ3v) is 6.21. The van der Waals surface area contributed by atoms with Gasteiger partial charge in [-0.25, -0.2) is 4.98 Å². The van der Waals surface area contributed by atoms with Crippen LogP contribution in [0, 0.1) is 0 Å². The minimum Gasteiger partial charge on any atom is -0.463 e. The molecule has 0 radical (unpaired) electrons. The molecular weight excluding hydrogens is 354 g/mol. The van der Waals surface area contributed by atoms with Gasteiger partial charge in [0.1, 0.15) is 17.4 Å². The number of nitrogens with one attached hydrogen (secondary N) is 2. The number of rotatable bonds is 5. The number of fused-ring (bicyclic) bond motifs is 1. The molecule has 4 rings (SSSR count). The Bertz CT molecular complexity index is 1030. The van der Waals surface area contributed by atoms with Crippen LogP contribution in [0.1, 0.15) is 24.6 Å². The van der Waals surface area contributed by atoms with Crippen molar-refractivity contribution in [3.63, 3.8) is 0 Å². The molecule has 0 amide bonds. The molecule has 5 nitrogen and oxygen atoms in total. The molecule has 2 N–H and O–H groups in total. The lowest BCUT2D eigenvalue weighted by Gasteiger charge is -2.19. The lowest BCUT2D eigenvalue weighted by atomic mass is 10.2. The van der Waals surface area contributed by atoms with Gasteiger partial charge in [0.05, 0.1) is 18.7 Å². The number of quaternary nitrogens is 1. The van der Waals surface area contributed by atoms with E-state index in [1.165, 1.54) is 16.2 Å². The Morgan fingerprint density at radius 1 is 1.32 bits per heavy atom. The van der Waals surface area contributed by atoms with Gasteiger partial charge in [0, 0.05) is 15.8 Å². The summed E-state index contributed by atoms with van der Waals surface area (Å²) in [6.07, 6.45) is 1.68. The van der Waals surface area contributed by atoms with Gasteiger partial charge in [0.15, 0.2) is 11.6 Å². The molecule has 1 unspecified atom stereocenters. The van der Waals surface area contributed by atoms with E-state index in [2.05, 4.69) is 19.0 Å². The summed E-state index contributed by atoms with van der Waals surface area (Å²) in [5.41, 5.74) is 0.904. The molecule has 4 aromatic heterocycles. The SMILES string of the molecule is C[C@H](c1nc2scc(-c3cccs3)c2c(=O)[nH]1)[NH+](C)Cc1ccco1. The van der Waals surface area contributed by atoms with Gasteiger partial charge in [-0.3, -0.25) is 4.79 Å². The number of hydrogen-bond acceptors (Lipinski definition) is 5. The standard InChI is InChI=1S/C18H17N3O2S2/c1-11(21(2)9-12-5-3-7-23-12)16-19-17(22)15-13(10-25-18(15)20-16)14-6-4-8-24-14/h3-8,10-11H,9H2,1-2H3,(H,19,20,22)/p+1/t11-/m1/s1. The van der Waals surface area contributed by atoms with E-state index in [4.69, 9.17) is 9.40 Å². The van der Waals surface area contributed by atoms with Crippen LogP contribution in [-0.2, 0) is 6.54 Å². The molecule has 0 aliphatic rings. The highest BCUT2D eigenvalue weighted by Gasteiger charge is 2.22. The maximum atomic E-state index is 12.7. The highest BCUT2D eigenvalue weighted by Crippen LogP contribution is 2.33. The highest BCUT2D eigenvalue weighted by atomic mass is 32.1. The van der Waals surface area contributed by atoms with Crippen molar-refractivity contribution >= 4 is 32.9 Å². The number of furan rings is 1. The second-order valence-electron chi connectivity index (χ2n) is 6.08. The molecule has 128 valence electrons. The Hall–Kier alpha value is -2.22. The van der Waals surface area contributed by atoms with Crippen LogP contribution in [0.25, 0.3) is 20.7 Å². The molecule has 0 aromatic carbocycles. The van der Waals surface area contributed by atoms with Crippen LogP contribution >= 0.6 is 22.7 Å². The predicted molar refractivity (Wildman–Crippen MR) is 101 cm³/mol. The summed E-state index contributed by atoms with van der Waals surface area (Å²) >= 11 is 3.16. The average Bonchev–Trinajstić information content (AvgIpc) is 3.34. The van der Waals surface area contributed by atoms with Gasteiger partial charge in [-0.05, 0) is 30.5 Å². The van der Waals surface area contributed by atoms with Gasteiger partial charge in [0.2, 0.25) is 0 Å².